The van der Waals surface area contributed by atoms with Gasteiger partial charge in [-0.3, -0.25) is 0 Å². The number of hydrogen-bond acceptors (Lipinski definition) is 4. The smallest absolute Gasteiger partial charge is 0.169 e. The van der Waals surface area contributed by atoms with Crippen molar-refractivity contribution < 1.29 is 13.9 Å². The van der Waals surface area contributed by atoms with Gasteiger partial charge in [-0.2, -0.15) is 5.26 Å². The highest BCUT2D eigenvalue weighted by atomic mass is 19.1. The van der Waals surface area contributed by atoms with E-state index >= 15 is 0 Å². The molecule has 0 saturated heterocycles. The lowest BCUT2D eigenvalue weighted by atomic mass is 10.1. The van der Waals surface area contributed by atoms with Crippen LogP contribution in [0.15, 0.2) is 18.2 Å². The zero-order valence-electron chi connectivity index (χ0n) is 11.3. The minimum atomic E-state index is -0.493. The third-order valence-electron chi connectivity index (χ3n) is 2.50. The number of rotatable bonds is 8. The fourth-order valence-electron chi connectivity index (χ4n) is 1.64. The lowest BCUT2D eigenvalue weighted by Gasteiger charge is -2.17. The molecule has 104 valence electrons. The summed E-state index contributed by atoms with van der Waals surface area (Å²) in [5, 5.41) is 11.9. The van der Waals surface area contributed by atoms with Gasteiger partial charge in [-0.25, -0.2) is 4.39 Å². The van der Waals surface area contributed by atoms with Gasteiger partial charge in [-0.1, -0.05) is 6.07 Å². The Hall–Kier alpha value is -1.48. The molecule has 5 heteroatoms. The van der Waals surface area contributed by atoms with Crippen LogP contribution in [0.1, 0.15) is 25.0 Å². The molecule has 0 radical (unpaired) electrons. The second-order valence-corrected chi connectivity index (χ2v) is 3.90. The first-order chi connectivity index (χ1) is 9.21. The average molecular weight is 266 g/mol. The van der Waals surface area contributed by atoms with Gasteiger partial charge in [0.25, 0.3) is 0 Å². The summed E-state index contributed by atoms with van der Waals surface area (Å²) in [6.07, 6.45) is -0.286. The van der Waals surface area contributed by atoms with Crippen molar-refractivity contribution in [3.8, 4) is 6.07 Å². The lowest BCUT2D eigenvalue weighted by molar-refractivity contribution is -0.133. The van der Waals surface area contributed by atoms with Crippen LogP contribution in [-0.4, -0.2) is 26.0 Å². The first kappa shape index (κ1) is 15.6. The summed E-state index contributed by atoms with van der Waals surface area (Å²) in [5.74, 6) is -0.493. The summed E-state index contributed by atoms with van der Waals surface area (Å²) >= 11 is 0. The van der Waals surface area contributed by atoms with Crippen LogP contribution in [-0.2, 0) is 16.0 Å². The topological polar surface area (TPSA) is 54.3 Å². The lowest BCUT2D eigenvalue weighted by Crippen LogP contribution is -2.31. The van der Waals surface area contributed by atoms with Crippen molar-refractivity contribution in [2.24, 2.45) is 0 Å². The molecular formula is C14H19FN2O2. The molecule has 0 aromatic heterocycles. The van der Waals surface area contributed by atoms with Gasteiger partial charge in [0, 0.05) is 26.3 Å². The average Bonchev–Trinajstić information content (AvgIpc) is 2.41. The number of nitrogens with one attached hydrogen (secondary N) is 1. The van der Waals surface area contributed by atoms with E-state index in [0.29, 0.717) is 26.3 Å². The fourth-order valence-corrected chi connectivity index (χ4v) is 1.64. The molecule has 0 fully saturated rings. The van der Waals surface area contributed by atoms with Crippen LogP contribution in [0.2, 0.25) is 0 Å². The molecule has 4 nitrogen and oxygen atoms in total. The van der Waals surface area contributed by atoms with Gasteiger partial charge in [0.2, 0.25) is 0 Å². The highest BCUT2D eigenvalue weighted by molar-refractivity contribution is 5.34. The van der Waals surface area contributed by atoms with Gasteiger partial charge in [0.15, 0.2) is 6.29 Å². The first-order valence-corrected chi connectivity index (χ1v) is 6.33. The molecule has 1 aromatic carbocycles. The Labute approximate surface area is 113 Å². The number of nitriles is 1. The largest absolute Gasteiger partial charge is 0.352 e. The van der Waals surface area contributed by atoms with Crippen LogP contribution in [0.4, 0.5) is 4.39 Å². The Balaban J connectivity index is 2.46. The molecule has 0 atom stereocenters. The number of benzene rings is 1. The van der Waals surface area contributed by atoms with E-state index in [-0.39, 0.29) is 11.9 Å². The summed E-state index contributed by atoms with van der Waals surface area (Å²) in [6.45, 7) is 6.06. The molecule has 0 aliphatic rings. The van der Waals surface area contributed by atoms with E-state index < -0.39 is 5.82 Å². The minimum Gasteiger partial charge on any atom is -0.352 e. The van der Waals surface area contributed by atoms with Crippen LogP contribution < -0.4 is 5.32 Å². The zero-order chi connectivity index (χ0) is 14.1. The Morgan fingerprint density at radius 2 is 2.00 bits per heavy atom. The summed E-state index contributed by atoms with van der Waals surface area (Å²) in [5.41, 5.74) is 0.912. The molecule has 0 unspecified atom stereocenters. The van der Waals surface area contributed by atoms with Gasteiger partial charge in [-0.15, -0.1) is 0 Å². The molecule has 0 aliphatic heterocycles. The van der Waals surface area contributed by atoms with Crippen molar-refractivity contribution in [2.45, 2.75) is 26.7 Å². The van der Waals surface area contributed by atoms with Crippen molar-refractivity contribution in [3.63, 3.8) is 0 Å². The van der Waals surface area contributed by atoms with Crippen LogP contribution >= 0.6 is 0 Å². The highest BCUT2D eigenvalue weighted by Crippen LogP contribution is 2.09. The van der Waals surface area contributed by atoms with Crippen molar-refractivity contribution in [3.05, 3.63) is 35.1 Å². The summed E-state index contributed by atoms with van der Waals surface area (Å²) in [6, 6.07) is 6.32. The normalized spacial score (nSPS) is 10.7. The maximum Gasteiger partial charge on any atom is 0.169 e. The molecular weight excluding hydrogens is 247 g/mol. The van der Waals surface area contributed by atoms with Gasteiger partial charge in [-0.05, 0) is 31.5 Å². The maximum atomic E-state index is 13.1. The Morgan fingerprint density at radius 1 is 1.32 bits per heavy atom. The summed E-state index contributed by atoms with van der Waals surface area (Å²) in [4.78, 5) is 0. The van der Waals surface area contributed by atoms with Crippen LogP contribution in [0.25, 0.3) is 0 Å². The molecule has 19 heavy (non-hydrogen) atoms. The van der Waals surface area contributed by atoms with E-state index in [1.54, 1.807) is 12.1 Å². The first-order valence-electron chi connectivity index (χ1n) is 6.33. The molecule has 0 heterocycles. The predicted molar refractivity (Wildman–Crippen MR) is 69.9 cm³/mol. The SMILES string of the molecule is CCOC(CNCc1ccc(F)c(C#N)c1)OCC. The number of nitrogens with zero attached hydrogens (tertiary/aromatic N) is 1. The second-order valence-electron chi connectivity index (χ2n) is 3.90. The predicted octanol–water partition coefficient (Wildman–Crippen LogP) is 2.19. The third-order valence-corrected chi connectivity index (χ3v) is 2.50. The Kier molecular flexibility index (Phi) is 7.04. The Bertz CT molecular complexity index is 426. The quantitative estimate of drug-likeness (QED) is 0.733. The zero-order valence-corrected chi connectivity index (χ0v) is 11.3. The van der Waals surface area contributed by atoms with E-state index in [1.165, 1.54) is 6.07 Å². The number of ether oxygens (including phenoxy) is 2. The summed E-state index contributed by atoms with van der Waals surface area (Å²) in [7, 11) is 0. The van der Waals surface area contributed by atoms with E-state index in [2.05, 4.69) is 5.32 Å². The van der Waals surface area contributed by atoms with Crippen molar-refractivity contribution in [2.75, 3.05) is 19.8 Å². The minimum absolute atomic E-state index is 0.0606. The molecule has 1 aromatic rings. The summed E-state index contributed by atoms with van der Waals surface area (Å²) < 4.78 is 23.9. The Morgan fingerprint density at radius 3 is 2.58 bits per heavy atom. The van der Waals surface area contributed by atoms with E-state index in [4.69, 9.17) is 14.7 Å². The van der Waals surface area contributed by atoms with E-state index in [9.17, 15) is 4.39 Å². The second kappa shape index (κ2) is 8.59. The molecule has 0 bridgehead atoms. The van der Waals surface area contributed by atoms with Gasteiger partial charge >= 0.3 is 0 Å². The monoisotopic (exact) mass is 266 g/mol. The van der Waals surface area contributed by atoms with E-state index in [0.717, 1.165) is 5.56 Å². The van der Waals surface area contributed by atoms with Crippen LogP contribution in [0.3, 0.4) is 0 Å². The maximum absolute atomic E-state index is 13.1. The fraction of sp³-hybridized carbons (Fsp3) is 0.500. The van der Waals surface area contributed by atoms with Crippen molar-refractivity contribution >= 4 is 0 Å². The molecule has 1 rings (SSSR count). The number of hydrogen-bond donors (Lipinski definition) is 1. The molecule has 0 spiro atoms. The molecule has 0 amide bonds. The van der Waals surface area contributed by atoms with E-state index in [1.807, 2.05) is 19.9 Å². The number of halogens is 1. The standard InChI is InChI=1S/C14H19FN2O2/c1-3-18-14(19-4-2)10-17-9-11-5-6-13(15)12(7-11)8-16/h5-7,14,17H,3-4,9-10H2,1-2H3. The van der Waals surface area contributed by atoms with Gasteiger partial charge in [0.1, 0.15) is 11.9 Å². The molecule has 0 aliphatic carbocycles. The van der Waals surface area contributed by atoms with Crippen molar-refractivity contribution in [1.82, 2.24) is 5.32 Å². The van der Waals surface area contributed by atoms with Crippen LogP contribution in [0.5, 0.6) is 0 Å². The third kappa shape index (κ3) is 5.35. The van der Waals surface area contributed by atoms with Crippen LogP contribution in [0, 0.1) is 17.1 Å². The molecule has 0 saturated carbocycles. The van der Waals surface area contributed by atoms with Gasteiger partial charge in [0.05, 0.1) is 5.56 Å². The highest BCUT2D eigenvalue weighted by Gasteiger charge is 2.07. The van der Waals surface area contributed by atoms with Crippen molar-refractivity contribution in [1.29, 1.82) is 5.26 Å². The molecule has 1 N–H and O–H groups in total. The van der Waals surface area contributed by atoms with Gasteiger partial charge < -0.3 is 14.8 Å².